The summed E-state index contributed by atoms with van der Waals surface area (Å²) in [7, 11) is -1.83. The van der Waals surface area contributed by atoms with Gasteiger partial charge >= 0.3 is 12.0 Å². The number of piperazine rings is 1. The molecular formula is C29H33F3N4O6S. The Kier molecular flexibility index (Phi) is 7.88. The summed E-state index contributed by atoms with van der Waals surface area (Å²) in [5, 5.41) is 0.835. The minimum Gasteiger partial charge on any atom is -0.422 e. The standard InChI is InChI=1S/C29H33F3N4O6S/c1-16-12-23(35-11-10-34(4)17(2)14-35)18(3)26-25(16)20-8-9-36(15-21(20)28(38)41-26)27(37)19-6-7-22(33-43(5,39)40)24(13-19)42-29(30,31)32/h6-7,12-13,17,33H,8-11,14-15H2,1-5H3/t17-/m0/s1. The number of fused-ring (bicyclic) bond motifs is 3. The average molecular weight is 623 g/mol. The SMILES string of the molecule is Cc1c(N2CCN(C)[C@@H](C)C2)cc(C)c2c3c(c(=O)oc12)CN(C(=O)c1ccc(NS(C)(=O)=O)c(OC(F)(F)F)c1)CC3. The Bertz CT molecular complexity index is 1770. The van der Waals surface area contributed by atoms with E-state index in [1.807, 2.05) is 18.6 Å². The summed E-state index contributed by atoms with van der Waals surface area (Å²) in [4.78, 5) is 32.6. The third-order valence-corrected chi connectivity index (χ3v) is 8.72. The van der Waals surface area contributed by atoms with Crippen molar-refractivity contribution in [2.45, 2.75) is 46.1 Å². The molecule has 0 saturated carbocycles. The number of carbonyl (C=O) groups is 1. The van der Waals surface area contributed by atoms with Gasteiger partial charge in [-0.3, -0.25) is 9.52 Å². The molecule has 1 fully saturated rings. The number of aryl methyl sites for hydroxylation is 2. The van der Waals surface area contributed by atoms with E-state index in [-0.39, 0.29) is 18.7 Å². The van der Waals surface area contributed by atoms with Gasteiger partial charge in [-0.25, -0.2) is 13.2 Å². The fourth-order valence-electron chi connectivity index (χ4n) is 5.85. The molecule has 2 aromatic carbocycles. The van der Waals surface area contributed by atoms with Crippen molar-refractivity contribution in [1.29, 1.82) is 0 Å². The van der Waals surface area contributed by atoms with E-state index >= 15 is 0 Å². The molecule has 1 atom stereocenters. The molecule has 3 aromatic rings. The number of carbonyl (C=O) groups excluding carboxylic acids is 1. The van der Waals surface area contributed by atoms with Crippen LogP contribution in [0.15, 0.2) is 33.5 Å². The number of likely N-dealkylation sites (N-methyl/N-ethyl adjacent to an activating group) is 1. The predicted octanol–water partition coefficient (Wildman–Crippen LogP) is 4.02. The first kappa shape index (κ1) is 30.7. The van der Waals surface area contributed by atoms with Gasteiger partial charge in [0.2, 0.25) is 10.0 Å². The lowest BCUT2D eigenvalue weighted by atomic mass is 9.92. The Morgan fingerprint density at radius 3 is 2.49 bits per heavy atom. The van der Waals surface area contributed by atoms with Crippen LogP contribution >= 0.6 is 0 Å². The number of ether oxygens (including phenoxy) is 1. The summed E-state index contributed by atoms with van der Waals surface area (Å²) in [5.74, 6) is -1.51. The number of anilines is 2. The highest BCUT2D eigenvalue weighted by atomic mass is 32.2. The Morgan fingerprint density at radius 1 is 1.12 bits per heavy atom. The van der Waals surface area contributed by atoms with Crippen molar-refractivity contribution in [3.05, 3.63) is 62.5 Å². The molecule has 1 saturated heterocycles. The smallest absolute Gasteiger partial charge is 0.422 e. The summed E-state index contributed by atoms with van der Waals surface area (Å²) in [6.45, 7) is 8.80. The topological polar surface area (TPSA) is 112 Å². The number of hydrogen-bond donors (Lipinski definition) is 1. The van der Waals surface area contributed by atoms with Gasteiger partial charge in [0.1, 0.15) is 5.58 Å². The molecule has 1 aromatic heterocycles. The van der Waals surface area contributed by atoms with Crippen molar-refractivity contribution in [3.8, 4) is 5.75 Å². The van der Waals surface area contributed by atoms with Crippen molar-refractivity contribution in [2.75, 3.05) is 49.1 Å². The van der Waals surface area contributed by atoms with Gasteiger partial charge in [0.15, 0.2) is 5.75 Å². The van der Waals surface area contributed by atoms with E-state index in [9.17, 15) is 31.2 Å². The first-order valence-corrected chi connectivity index (χ1v) is 15.6. The monoisotopic (exact) mass is 622 g/mol. The van der Waals surface area contributed by atoms with Gasteiger partial charge in [-0.15, -0.1) is 13.2 Å². The maximum absolute atomic E-state index is 13.4. The maximum Gasteiger partial charge on any atom is 0.573 e. The third kappa shape index (κ3) is 6.30. The number of hydrogen-bond acceptors (Lipinski definition) is 8. The average Bonchev–Trinajstić information content (AvgIpc) is 2.91. The van der Waals surface area contributed by atoms with Gasteiger partial charge in [-0.1, -0.05) is 0 Å². The van der Waals surface area contributed by atoms with Crippen molar-refractivity contribution >= 4 is 38.3 Å². The molecule has 0 spiro atoms. The predicted molar refractivity (Wildman–Crippen MR) is 156 cm³/mol. The molecule has 1 N–H and O–H groups in total. The van der Waals surface area contributed by atoms with Gasteiger partial charge in [0.05, 0.1) is 24.1 Å². The second-order valence-corrected chi connectivity index (χ2v) is 13.0. The van der Waals surface area contributed by atoms with Crippen molar-refractivity contribution in [3.63, 3.8) is 0 Å². The lowest BCUT2D eigenvalue weighted by Gasteiger charge is -2.40. The molecule has 0 bridgehead atoms. The molecule has 0 aliphatic carbocycles. The van der Waals surface area contributed by atoms with E-state index in [1.165, 1.54) is 11.0 Å². The zero-order valence-electron chi connectivity index (χ0n) is 24.5. The molecule has 5 rings (SSSR count). The fraction of sp³-hybridized carbons (Fsp3) is 0.448. The molecule has 43 heavy (non-hydrogen) atoms. The van der Waals surface area contributed by atoms with Crippen LogP contribution in [-0.2, 0) is 23.0 Å². The first-order chi connectivity index (χ1) is 20.0. The van der Waals surface area contributed by atoms with E-state index < -0.39 is 39.4 Å². The Balaban J connectivity index is 1.47. The Morgan fingerprint density at radius 2 is 1.84 bits per heavy atom. The van der Waals surface area contributed by atoms with Crippen LogP contribution in [0.2, 0.25) is 0 Å². The number of nitrogens with zero attached hydrogens (tertiary/aromatic N) is 3. The van der Waals surface area contributed by atoms with E-state index in [0.717, 1.165) is 65.8 Å². The van der Waals surface area contributed by atoms with Crippen LogP contribution in [-0.4, -0.2) is 76.0 Å². The highest BCUT2D eigenvalue weighted by molar-refractivity contribution is 7.92. The minimum atomic E-state index is -5.13. The summed E-state index contributed by atoms with van der Waals surface area (Å²) in [6, 6.07) is 5.54. The molecule has 3 heterocycles. The summed E-state index contributed by atoms with van der Waals surface area (Å²) in [5.41, 5.74) is 3.27. The second kappa shape index (κ2) is 11.1. The molecule has 10 nitrogen and oxygen atoms in total. The van der Waals surface area contributed by atoms with Gasteiger partial charge in [0.25, 0.3) is 5.91 Å². The zero-order valence-corrected chi connectivity index (χ0v) is 25.3. The lowest BCUT2D eigenvalue weighted by molar-refractivity contribution is -0.274. The molecule has 14 heteroatoms. The summed E-state index contributed by atoms with van der Waals surface area (Å²) in [6.07, 6.45) is -4.01. The minimum absolute atomic E-state index is 0.0958. The normalized spacial score (nSPS) is 18.1. The molecule has 0 radical (unpaired) electrons. The van der Waals surface area contributed by atoms with Crippen LogP contribution in [0.4, 0.5) is 24.5 Å². The maximum atomic E-state index is 13.4. The second-order valence-electron chi connectivity index (χ2n) is 11.3. The highest BCUT2D eigenvalue weighted by Crippen LogP contribution is 2.37. The van der Waals surface area contributed by atoms with Crippen LogP contribution in [0.5, 0.6) is 5.75 Å². The molecule has 2 aliphatic heterocycles. The largest absolute Gasteiger partial charge is 0.573 e. The number of halogens is 3. The number of benzene rings is 2. The van der Waals surface area contributed by atoms with Gasteiger partial charge in [-0.05, 0) is 69.6 Å². The Hall–Kier alpha value is -3.78. The third-order valence-electron chi connectivity index (χ3n) is 8.12. The zero-order chi connectivity index (χ0) is 31.4. The molecule has 232 valence electrons. The number of rotatable bonds is 5. The van der Waals surface area contributed by atoms with Gasteiger partial charge in [-0.2, -0.15) is 0 Å². The van der Waals surface area contributed by atoms with Crippen LogP contribution < -0.4 is 20.0 Å². The quantitative estimate of drug-likeness (QED) is 0.425. The highest BCUT2D eigenvalue weighted by Gasteiger charge is 2.34. The van der Waals surface area contributed by atoms with E-state index in [2.05, 4.69) is 34.6 Å². The molecule has 0 unspecified atom stereocenters. The van der Waals surface area contributed by atoms with E-state index in [0.29, 0.717) is 23.6 Å². The number of alkyl halides is 3. The van der Waals surface area contributed by atoms with Crippen LogP contribution in [0.3, 0.4) is 0 Å². The van der Waals surface area contributed by atoms with Crippen LogP contribution in [0.1, 0.15) is 39.5 Å². The number of amides is 1. The molecule has 2 aliphatic rings. The van der Waals surface area contributed by atoms with Crippen LogP contribution in [0, 0.1) is 13.8 Å². The number of sulfonamides is 1. The van der Waals surface area contributed by atoms with Crippen LogP contribution in [0.25, 0.3) is 11.0 Å². The molecule has 1 amide bonds. The van der Waals surface area contributed by atoms with Gasteiger partial charge in [0, 0.05) is 54.4 Å². The molecular weight excluding hydrogens is 589 g/mol. The van der Waals surface area contributed by atoms with E-state index in [1.54, 1.807) is 0 Å². The summed E-state index contributed by atoms with van der Waals surface area (Å²) >= 11 is 0. The number of nitrogens with one attached hydrogen (secondary N) is 1. The summed E-state index contributed by atoms with van der Waals surface area (Å²) < 4.78 is 74.3. The lowest BCUT2D eigenvalue weighted by Crippen LogP contribution is -2.50. The van der Waals surface area contributed by atoms with E-state index in [4.69, 9.17) is 4.42 Å². The van der Waals surface area contributed by atoms with Crippen molar-refractivity contribution in [2.24, 2.45) is 0 Å². The fourth-order valence-corrected chi connectivity index (χ4v) is 6.42. The van der Waals surface area contributed by atoms with Crippen molar-refractivity contribution in [1.82, 2.24) is 9.80 Å². The van der Waals surface area contributed by atoms with Gasteiger partial charge < -0.3 is 23.9 Å². The first-order valence-electron chi connectivity index (χ1n) is 13.7. The Labute approximate surface area is 247 Å². The van der Waals surface area contributed by atoms with Crippen molar-refractivity contribution < 1.29 is 35.5 Å².